The first-order chi connectivity index (χ1) is 11.0. The molecule has 0 saturated carbocycles. The van der Waals surface area contributed by atoms with Crippen LogP contribution < -0.4 is 0 Å². The monoisotopic (exact) mass is 361 g/mol. The van der Waals surface area contributed by atoms with Crippen LogP contribution in [0.15, 0.2) is 21.9 Å². The molecule has 0 spiro atoms. The van der Waals surface area contributed by atoms with Crippen LogP contribution in [0.1, 0.15) is 63.9 Å². The summed E-state index contributed by atoms with van der Waals surface area (Å²) in [6.45, 7) is 12.8. The second-order valence-electron chi connectivity index (χ2n) is 8.04. The zero-order chi connectivity index (χ0) is 18.1. The van der Waals surface area contributed by atoms with E-state index < -0.39 is 0 Å². The quantitative estimate of drug-likeness (QED) is 0.648. The molecule has 2 rings (SSSR count). The summed E-state index contributed by atoms with van der Waals surface area (Å²) in [5.74, 6) is 0.422. The van der Waals surface area contributed by atoms with Crippen LogP contribution in [0.25, 0.3) is 12.2 Å². The molecule has 0 fully saturated rings. The van der Waals surface area contributed by atoms with Gasteiger partial charge in [0.1, 0.15) is 10.1 Å². The van der Waals surface area contributed by atoms with Crippen molar-refractivity contribution < 1.29 is 5.11 Å². The summed E-state index contributed by atoms with van der Waals surface area (Å²) >= 11 is 3.33. The fourth-order valence-electron chi connectivity index (χ4n) is 2.52. The van der Waals surface area contributed by atoms with Gasteiger partial charge in [0.25, 0.3) is 0 Å². The minimum Gasteiger partial charge on any atom is -0.507 e. The Kier molecular flexibility index (Phi) is 5.50. The topological polar surface area (TPSA) is 33.1 Å². The Hall–Kier alpha value is -1.26. The summed E-state index contributed by atoms with van der Waals surface area (Å²) in [5.41, 5.74) is 3.82. The summed E-state index contributed by atoms with van der Waals surface area (Å²) in [4.78, 5) is 4.55. The van der Waals surface area contributed by atoms with Crippen molar-refractivity contribution in [2.75, 3.05) is 6.26 Å². The molecule has 0 bridgehead atoms. The Labute approximate surface area is 154 Å². The molecule has 0 aliphatic rings. The zero-order valence-electron chi connectivity index (χ0n) is 15.6. The fourth-order valence-corrected chi connectivity index (χ4v) is 3.75. The molecule has 24 heavy (non-hydrogen) atoms. The number of thioether (sulfide) groups is 1. The molecule has 1 N–H and O–H groups in total. The number of hydrogen-bond donors (Lipinski definition) is 1. The normalized spacial score (nSPS) is 13.0. The van der Waals surface area contributed by atoms with Crippen LogP contribution in [0.3, 0.4) is 0 Å². The molecule has 130 valence electrons. The minimum absolute atomic E-state index is 0.111. The molecule has 1 heterocycles. The van der Waals surface area contributed by atoms with E-state index in [2.05, 4.69) is 70.1 Å². The van der Waals surface area contributed by atoms with E-state index in [1.54, 1.807) is 23.1 Å². The van der Waals surface area contributed by atoms with Gasteiger partial charge in [0.05, 0.1) is 5.69 Å². The molecule has 0 atom stereocenters. The number of benzene rings is 1. The summed E-state index contributed by atoms with van der Waals surface area (Å²) in [6, 6.07) is 4.17. The molecular weight excluding hydrogens is 334 g/mol. The molecule has 0 amide bonds. The van der Waals surface area contributed by atoms with E-state index in [4.69, 9.17) is 0 Å². The molecule has 4 heteroatoms. The third kappa shape index (κ3) is 4.42. The van der Waals surface area contributed by atoms with Gasteiger partial charge in [0.2, 0.25) is 0 Å². The number of rotatable bonds is 3. The maximum atomic E-state index is 10.8. The summed E-state index contributed by atoms with van der Waals surface area (Å²) in [7, 11) is 0. The molecule has 0 radical (unpaired) electrons. The van der Waals surface area contributed by atoms with Crippen molar-refractivity contribution in [3.8, 4) is 5.75 Å². The van der Waals surface area contributed by atoms with Crippen molar-refractivity contribution in [3.05, 3.63) is 39.9 Å². The SMILES string of the molecule is CSc1nc(/C=C/c2cc(C(C)(C)C)c(O)c(C(C)(C)C)c2)cs1. The first-order valence-corrected chi connectivity index (χ1v) is 10.2. The third-order valence-corrected chi connectivity index (χ3v) is 5.75. The number of phenols is 1. The number of hydrogen-bond acceptors (Lipinski definition) is 4. The van der Waals surface area contributed by atoms with Gasteiger partial charge in [0.15, 0.2) is 0 Å². The Balaban J connectivity index is 2.50. The summed E-state index contributed by atoms with van der Waals surface area (Å²) in [5, 5.41) is 12.8. The minimum atomic E-state index is -0.111. The molecule has 1 aromatic carbocycles. The zero-order valence-corrected chi connectivity index (χ0v) is 17.2. The molecule has 0 saturated heterocycles. The number of thiazole rings is 1. The van der Waals surface area contributed by atoms with Crippen LogP contribution in [0.2, 0.25) is 0 Å². The van der Waals surface area contributed by atoms with Gasteiger partial charge < -0.3 is 5.11 Å². The lowest BCUT2D eigenvalue weighted by molar-refractivity contribution is 0.423. The first kappa shape index (κ1) is 19.1. The van der Waals surface area contributed by atoms with Crippen molar-refractivity contribution in [2.45, 2.75) is 56.7 Å². The van der Waals surface area contributed by atoms with Crippen molar-refractivity contribution in [1.29, 1.82) is 0 Å². The van der Waals surface area contributed by atoms with E-state index in [-0.39, 0.29) is 10.8 Å². The number of aromatic nitrogens is 1. The van der Waals surface area contributed by atoms with E-state index in [0.29, 0.717) is 5.75 Å². The van der Waals surface area contributed by atoms with Gasteiger partial charge >= 0.3 is 0 Å². The second kappa shape index (κ2) is 6.93. The van der Waals surface area contributed by atoms with E-state index in [0.717, 1.165) is 26.7 Å². The van der Waals surface area contributed by atoms with Gasteiger partial charge in [-0.2, -0.15) is 0 Å². The van der Waals surface area contributed by atoms with Gasteiger partial charge in [-0.05, 0) is 40.9 Å². The van der Waals surface area contributed by atoms with E-state index in [9.17, 15) is 5.11 Å². The maximum Gasteiger partial charge on any atom is 0.150 e. The molecular formula is C20H27NOS2. The molecule has 0 aliphatic carbocycles. The lowest BCUT2D eigenvalue weighted by atomic mass is 9.78. The average molecular weight is 362 g/mol. The van der Waals surface area contributed by atoms with Gasteiger partial charge in [-0.15, -0.1) is 11.3 Å². The lowest BCUT2D eigenvalue weighted by Crippen LogP contribution is -2.17. The standard InChI is InChI=1S/C20H27NOS2/c1-19(2,3)15-10-13(11-16(17(15)22)20(4,5)6)8-9-14-12-24-18(21-14)23-7/h8-12,22H,1-7H3/b9-8+. The molecule has 0 unspecified atom stereocenters. The van der Waals surface area contributed by atoms with Gasteiger partial charge in [0, 0.05) is 16.5 Å². The Morgan fingerprint density at radius 3 is 1.96 bits per heavy atom. The van der Waals surface area contributed by atoms with Crippen LogP contribution >= 0.6 is 23.1 Å². The predicted octanol–water partition coefficient (Wildman–Crippen LogP) is 6.34. The van der Waals surface area contributed by atoms with E-state index in [1.165, 1.54) is 0 Å². The smallest absolute Gasteiger partial charge is 0.150 e. The highest BCUT2D eigenvalue weighted by Crippen LogP contribution is 2.40. The van der Waals surface area contributed by atoms with Crippen LogP contribution in [0.4, 0.5) is 0 Å². The Bertz CT molecular complexity index is 711. The van der Waals surface area contributed by atoms with Crippen molar-refractivity contribution in [2.24, 2.45) is 0 Å². The molecule has 2 aromatic rings. The van der Waals surface area contributed by atoms with Crippen LogP contribution in [0, 0.1) is 0 Å². The van der Waals surface area contributed by atoms with E-state index in [1.807, 2.05) is 12.3 Å². The van der Waals surface area contributed by atoms with Crippen LogP contribution in [-0.2, 0) is 10.8 Å². The lowest BCUT2D eigenvalue weighted by Gasteiger charge is -2.27. The highest BCUT2D eigenvalue weighted by molar-refractivity contribution is 8.00. The van der Waals surface area contributed by atoms with Crippen LogP contribution in [-0.4, -0.2) is 16.3 Å². The second-order valence-corrected chi connectivity index (χ2v) is 9.95. The Morgan fingerprint density at radius 2 is 1.54 bits per heavy atom. The maximum absolute atomic E-state index is 10.8. The number of nitrogens with zero attached hydrogens (tertiary/aromatic N) is 1. The largest absolute Gasteiger partial charge is 0.507 e. The van der Waals surface area contributed by atoms with Gasteiger partial charge in [-0.25, -0.2) is 4.98 Å². The number of phenolic OH excluding ortho intramolecular Hbond substituents is 1. The summed E-state index contributed by atoms with van der Waals surface area (Å²) < 4.78 is 1.08. The first-order valence-electron chi connectivity index (χ1n) is 8.08. The van der Waals surface area contributed by atoms with Crippen molar-refractivity contribution in [1.82, 2.24) is 4.98 Å². The van der Waals surface area contributed by atoms with E-state index >= 15 is 0 Å². The van der Waals surface area contributed by atoms with Crippen LogP contribution in [0.5, 0.6) is 5.75 Å². The average Bonchev–Trinajstić information content (AvgIpc) is 2.91. The number of aromatic hydroxyl groups is 1. The van der Waals surface area contributed by atoms with Gasteiger partial charge in [-0.3, -0.25) is 0 Å². The summed E-state index contributed by atoms with van der Waals surface area (Å²) in [6.07, 6.45) is 6.17. The third-order valence-electron chi connectivity index (χ3n) is 3.87. The Morgan fingerprint density at radius 1 is 1.00 bits per heavy atom. The van der Waals surface area contributed by atoms with Gasteiger partial charge in [-0.1, -0.05) is 59.4 Å². The highest BCUT2D eigenvalue weighted by atomic mass is 32.2. The molecule has 0 aliphatic heterocycles. The fraction of sp³-hybridized carbons (Fsp3) is 0.450. The predicted molar refractivity (Wildman–Crippen MR) is 108 cm³/mol. The molecule has 2 nitrogen and oxygen atoms in total. The van der Waals surface area contributed by atoms with Crippen molar-refractivity contribution >= 4 is 35.3 Å². The molecule has 1 aromatic heterocycles. The highest BCUT2D eigenvalue weighted by Gasteiger charge is 2.26. The van der Waals surface area contributed by atoms with Crippen molar-refractivity contribution in [3.63, 3.8) is 0 Å².